The molecule has 0 bridgehead atoms. The monoisotopic (exact) mass is 388 g/mol. The first kappa shape index (κ1) is 20.5. The Morgan fingerprint density at radius 2 is 1.68 bits per heavy atom. The zero-order chi connectivity index (χ0) is 19.9. The minimum atomic E-state index is 0.00396. The lowest BCUT2D eigenvalue weighted by Crippen LogP contribution is -2.48. The van der Waals surface area contributed by atoms with Crippen molar-refractivity contribution < 1.29 is 19.1 Å². The lowest BCUT2D eigenvalue weighted by molar-refractivity contribution is -0.137. The number of hydrogen-bond donors (Lipinski definition) is 1. The molecule has 1 aliphatic carbocycles. The second kappa shape index (κ2) is 9.80. The summed E-state index contributed by atoms with van der Waals surface area (Å²) >= 11 is 0. The van der Waals surface area contributed by atoms with Gasteiger partial charge < -0.3 is 19.7 Å². The molecule has 0 unspecified atom stereocenters. The second-order valence-electron chi connectivity index (χ2n) is 7.87. The van der Waals surface area contributed by atoms with Crippen LogP contribution in [0.5, 0.6) is 11.5 Å². The number of nitrogens with one attached hydrogen (secondary N) is 1. The third-order valence-corrected chi connectivity index (χ3v) is 5.94. The number of carbonyl (C=O) groups is 2. The van der Waals surface area contributed by atoms with Crippen LogP contribution in [0.4, 0.5) is 0 Å². The highest BCUT2D eigenvalue weighted by molar-refractivity contribution is 5.80. The predicted octanol–water partition coefficient (Wildman–Crippen LogP) is 2.93. The van der Waals surface area contributed by atoms with Gasteiger partial charge in [-0.3, -0.25) is 9.59 Å². The number of carbonyl (C=O) groups excluding carboxylic acids is 2. The molecule has 1 heterocycles. The number of rotatable bonds is 6. The molecule has 3 rings (SSSR count). The van der Waals surface area contributed by atoms with Crippen molar-refractivity contribution in [3.8, 4) is 11.5 Å². The molecular formula is C22H32N2O4. The highest BCUT2D eigenvalue weighted by Gasteiger charge is 2.29. The Kier molecular flexibility index (Phi) is 7.18. The number of piperidine rings is 1. The summed E-state index contributed by atoms with van der Waals surface area (Å²) in [5.74, 6) is 1.84. The van der Waals surface area contributed by atoms with E-state index in [0.717, 1.165) is 44.3 Å². The summed E-state index contributed by atoms with van der Waals surface area (Å²) in [6, 6.07) is 5.68. The van der Waals surface area contributed by atoms with Gasteiger partial charge in [0.2, 0.25) is 11.8 Å². The SMILES string of the molecule is COc1ccc(CC(=O)NC2CCN(C(=O)C3CCCCC3)CC2)cc1OC. The maximum absolute atomic E-state index is 12.7. The van der Waals surface area contributed by atoms with E-state index in [0.29, 0.717) is 23.8 Å². The maximum atomic E-state index is 12.7. The van der Waals surface area contributed by atoms with Gasteiger partial charge >= 0.3 is 0 Å². The van der Waals surface area contributed by atoms with Gasteiger partial charge in [0.25, 0.3) is 0 Å². The lowest BCUT2D eigenvalue weighted by Gasteiger charge is -2.35. The molecule has 0 aromatic heterocycles. The van der Waals surface area contributed by atoms with Crippen LogP contribution in [0.1, 0.15) is 50.5 Å². The van der Waals surface area contributed by atoms with Crippen molar-refractivity contribution in [3.63, 3.8) is 0 Å². The van der Waals surface area contributed by atoms with Crippen LogP contribution in [0.15, 0.2) is 18.2 Å². The Morgan fingerprint density at radius 3 is 2.32 bits per heavy atom. The van der Waals surface area contributed by atoms with Crippen molar-refractivity contribution in [2.45, 2.75) is 57.4 Å². The van der Waals surface area contributed by atoms with Crippen LogP contribution in [-0.2, 0) is 16.0 Å². The van der Waals surface area contributed by atoms with E-state index >= 15 is 0 Å². The molecule has 6 heteroatoms. The van der Waals surface area contributed by atoms with E-state index in [1.165, 1.54) is 19.3 Å². The van der Waals surface area contributed by atoms with E-state index in [4.69, 9.17) is 9.47 Å². The van der Waals surface area contributed by atoms with Gasteiger partial charge in [-0.2, -0.15) is 0 Å². The summed E-state index contributed by atoms with van der Waals surface area (Å²) in [5.41, 5.74) is 0.889. The van der Waals surface area contributed by atoms with Crippen molar-refractivity contribution in [1.82, 2.24) is 10.2 Å². The largest absolute Gasteiger partial charge is 0.493 e. The van der Waals surface area contributed by atoms with E-state index in [1.807, 2.05) is 23.1 Å². The molecule has 1 aromatic carbocycles. The number of benzene rings is 1. The van der Waals surface area contributed by atoms with Gasteiger partial charge in [0.15, 0.2) is 11.5 Å². The molecule has 2 amide bonds. The average molecular weight is 389 g/mol. The third kappa shape index (κ3) is 5.18. The van der Waals surface area contributed by atoms with E-state index in [2.05, 4.69) is 5.32 Å². The second-order valence-corrected chi connectivity index (χ2v) is 7.87. The summed E-state index contributed by atoms with van der Waals surface area (Å²) in [5, 5.41) is 3.12. The van der Waals surface area contributed by atoms with Gasteiger partial charge in [0.05, 0.1) is 20.6 Å². The fraction of sp³-hybridized carbons (Fsp3) is 0.636. The molecule has 2 fully saturated rings. The number of nitrogens with zero attached hydrogens (tertiary/aromatic N) is 1. The Morgan fingerprint density at radius 1 is 1.00 bits per heavy atom. The molecule has 1 saturated carbocycles. The van der Waals surface area contributed by atoms with Gasteiger partial charge in [0.1, 0.15) is 0 Å². The van der Waals surface area contributed by atoms with Crippen molar-refractivity contribution in [3.05, 3.63) is 23.8 Å². The van der Waals surface area contributed by atoms with Gasteiger partial charge in [-0.25, -0.2) is 0 Å². The molecule has 154 valence electrons. The minimum absolute atomic E-state index is 0.00396. The maximum Gasteiger partial charge on any atom is 0.225 e. The Labute approximate surface area is 167 Å². The van der Waals surface area contributed by atoms with Crippen LogP contribution >= 0.6 is 0 Å². The number of hydrogen-bond acceptors (Lipinski definition) is 4. The first-order chi connectivity index (χ1) is 13.6. The predicted molar refractivity (Wildman–Crippen MR) is 108 cm³/mol. The van der Waals surface area contributed by atoms with E-state index in [1.54, 1.807) is 14.2 Å². The fourth-order valence-corrected chi connectivity index (χ4v) is 4.31. The van der Waals surface area contributed by atoms with Gasteiger partial charge in [-0.05, 0) is 43.4 Å². The molecule has 0 radical (unpaired) electrons. The zero-order valence-electron chi connectivity index (χ0n) is 17.0. The molecule has 6 nitrogen and oxygen atoms in total. The summed E-state index contributed by atoms with van der Waals surface area (Å²) in [6.45, 7) is 1.49. The standard InChI is InChI=1S/C22H32N2O4/c1-27-19-9-8-16(14-20(19)28-2)15-21(25)23-18-10-12-24(13-11-18)22(26)17-6-4-3-5-7-17/h8-9,14,17-18H,3-7,10-13,15H2,1-2H3,(H,23,25). The highest BCUT2D eigenvalue weighted by Crippen LogP contribution is 2.28. The van der Waals surface area contributed by atoms with E-state index in [9.17, 15) is 9.59 Å². The highest BCUT2D eigenvalue weighted by atomic mass is 16.5. The van der Waals surface area contributed by atoms with Gasteiger partial charge in [0, 0.05) is 25.0 Å². The molecule has 1 N–H and O–H groups in total. The number of amides is 2. The smallest absolute Gasteiger partial charge is 0.225 e. The van der Waals surface area contributed by atoms with Gasteiger partial charge in [-0.15, -0.1) is 0 Å². The normalized spacial score (nSPS) is 18.6. The summed E-state index contributed by atoms with van der Waals surface area (Å²) in [4.78, 5) is 27.1. The molecule has 1 saturated heterocycles. The first-order valence-corrected chi connectivity index (χ1v) is 10.4. The van der Waals surface area contributed by atoms with Crippen LogP contribution in [0.3, 0.4) is 0 Å². The van der Waals surface area contributed by atoms with Crippen LogP contribution in [0.25, 0.3) is 0 Å². The number of likely N-dealkylation sites (tertiary alicyclic amines) is 1. The average Bonchev–Trinajstić information content (AvgIpc) is 2.74. The Hall–Kier alpha value is -2.24. The molecular weight excluding hydrogens is 356 g/mol. The van der Waals surface area contributed by atoms with Crippen molar-refractivity contribution >= 4 is 11.8 Å². The van der Waals surface area contributed by atoms with Crippen LogP contribution < -0.4 is 14.8 Å². The van der Waals surface area contributed by atoms with E-state index < -0.39 is 0 Å². The third-order valence-electron chi connectivity index (χ3n) is 5.94. The number of methoxy groups -OCH3 is 2. The Bertz CT molecular complexity index is 677. The topological polar surface area (TPSA) is 67.9 Å². The summed E-state index contributed by atoms with van der Waals surface area (Å²) in [6.07, 6.45) is 7.67. The van der Waals surface area contributed by atoms with Crippen molar-refractivity contribution in [2.75, 3.05) is 27.3 Å². The Balaban J connectivity index is 1.45. The molecule has 28 heavy (non-hydrogen) atoms. The number of ether oxygens (including phenoxy) is 2. The summed E-state index contributed by atoms with van der Waals surface area (Å²) < 4.78 is 10.5. The minimum Gasteiger partial charge on any atom is -0.493 e. The van der Waals surface area contributed by atoms with Crippen LogP contribution in [0.2, 0.25) is 0 Å². The fourth-order valence-electron chi connectivity index (χ4n) is 4.31. The summed E-state index contributed by atoms with van der Waals surface area (Å²) in [7, 11) is 3.18. The van der Waals surface area contributed by atoms with Gasteiger partial charge in [-0.1, -0.05) is 25.3 Å². The van der Waals surface area contributed by atoms with Crippen molar-refractivity contribution in [2.24, 2.45) is 5.92 Å². The quantitative estimate of drug-likeness (QED) is 0.814. The molecule has 2 aliphatic rings. The van der Waals surface area contributed by atoms with Crippen LogP contribution in [-0.4, -0.2) is 50.1 Å². The first-order valence-electron chi connectivity index (χ1n) is 10.4. The molecule has 1 aromatic rings. The molecule has 1 aliphatic heterocycles. The lowest BCUT2D eigenvalue weighted by atomic mass is 9.87. The zero-order valence-corrected chi connectivity index (χ0v) is 17.0. The van der Waals surface area contributed by atoms with Crippen molar-refractivity contribution in [1.29, 1.82) is 0 Å². The molecule has 0 spiro atoms. The van der Waals surface area contributed by atoms with Crippen LogP contribution in [0, 0.1) is 5.92 Å². The van der Waals surface area contributed by atoms with E-state index in [-0.39, 0.29) is 17.9 Å². The molecule has 0 atom stereocenters.